The van der Waals surface area contributed by atoms with E-state index in [9.17, 15) is 9.59 Å². The third kappa shape index (κ3) is 4.76. The molecule has 2 heterocycles. The summed E-state index contributed by atoms with van der Waals surface area (Å²) in [5.74, 6) is -0.273. The van der Waals surface area contributed by atoms with Gasteiger partial charge >= 0.3 is 0 Å². The summed E-state index contributed by atoms with van der Waals surface area (Å²) in [6, 6.07) is 13.8. The van der Waals surface area contributed by atoms with Crippen molar-refractivity contribution < 1.29 is 9.59 Å². The number of rotatable bonds is 6. The van der Waals surface area contributed by atoms with Crippen LogP contribution in [0.4, 0.5) is 0 Å². The van der Waals surface area contributed by atoms with Crippen molar-refractivity contribution in [3.8, 4) is 0 Å². The molecule has 1 saturated heterocycles. The number of hydrogen-bond donors (Lipinski definition) is 0. The third-order valence-electron chi connectivity index (χ3n) is 5.93. The summed E-state index contributed by atoms with van der Waals surface area (Å²) in [5.41, 5.74) is 3.67. The lowest BCUT2D eigenvalue weighted by Crippen LogP contribution is -2.48. The van der Waals surface area contributed by atoms with Crippen molar-refractivity contribution in [2.24, 2.45) is 0 Å². The lowest BCUT2D eigenvalue weighted by Gasteiger charge is -2.35. The summed E-state index contributed by atoms with van der Waals surface area (Å²) in [7, 11) is 0. The van der Waals surface area contributed by atoms with Crippen molar-refractivity contribution in [2.75, 3.05) is 26.2 Å². The van der Waals surface area contributed by atoms with Gasteiger partial charge in [-0.15, -0.1) is 0 Å². The van der Waals surface area contributed by atoms with E-state index >= 15 is 0 Å². The molecule has 6 nitrogen and oxygen atoms in total. The number of nitrogens with zero attached hydrogens (tertiary/aromatic N) is 4. The molecule has 1 aliphatic heterocycles. The highest BCUT2D eigenvalue weighted by Crippen LogP contribution is 2.20. The van der Waals surface area contributed by atoms with Crippen LogP contribution in [0, 0.1) is 6.92 Å². The van der Waals surface area contributed by atoms with Crippen LogP contribution >= 0.6 is 11.6 Å². The predicted octanol–water partition coefficient (Wildman–Crippen LogP) is 4.05. The van der Waals surface area contributed by atoms with Gasteiger partial charge in [0.2, 0.25) is 0 Å². The highest BCUT2D eigenvalue weighted by atomic mass is 35.5. The van der Waals surface area contributed by atoms with E-state index in [1.165, 1.54) is 5.56 Å². The van der Waals surface area contributed by atoms with Crippen molar-refractivity contribution >= 4 is 23.3 Å². The molecule has 0 saturated carbocycles. The van der Waals surface area contributed by atoms with Gasteiger partial charge in [0.15, 0.2) is 5.78 Å². The van der Waals surface area contributed by atoms with Gasteiger partial charge < -0.3 is 4.90 Å². The van der Waals surface area contributed by atoms with E-state index in [0.717, 1.165) is 31.9 Å². The monoisotopic (exact) mass is 450 g/mol. The Bertz CT molecular complexity index is 1120. The Hall–Kier alpha value is -2.96. The first-order valence-corrected chi connectivity index (χ1v) is 11.3. The van der Waals surface area contributed by atoms with E-state index < -0.39 is 0 Å². The highest BCUT2D eigenvalue weighted by molar-refractivity contribution is 6.30. The van der Waals surface area contributed by atoms with Gasteiger partial charge in [-0.2, -0.15) is 5.10 Å². The minimum absolute atomic E-state index is 0.0995. The zero-order valence-corrected chi connectivity index (χ0v) is 19.2. The van der Waals surface area contributed by atoms with Gasteiger partial charge in [0.05, 0.1) is 11.3 Å². The third-order valence-corrected chi connectivity index (χ3v) is 6.19. The maximum absolute atomic E-state index is 13.3. The Morgan fingerprint density at radius 1 is 0.969 bits per heavy atom. The molecule has 4 rings (SSSR count). The predicted molar refractivity (Wildman–Crippen MR) is 125 cm³/mol. The molecule has 0 bridgehead atoms. The van der Waals surface area contributed by atoms with Crippen LogP contribution in [0.5, 0.6) is 0 Å². The quantitative estimate of drug-likeness (QED) is 0.531. The molecule has 0 N–H and O–H groups in total. The van der Waals surface area contributed by atoms with Gasteiger partial charge in [-0.1, -0.05) is 29.8 Å². The molecule has 0 aliphatic carbocycles. The lowest BCUT2D eigenvalue weighted by molar-refractivity contribution is 0.0625. The molecule has 0 unspecified atom stereocenters. The second-order valence-corrected chi connectivity index (χ2v) is 8.48. The fraction of sp³-hybridized carbons (Fsp3) is 0.320. The van der Waals surface area contributed by atoms with Gasteiger partial charge in [-0.3, -0.25) is 19.2 Å². The minimum Gasteiger partial charge on any atom is -0.336 e. The standard InChI is InChI=1S/C25H27ClN4O2/c1-3-30-17-20(18(2)27-30)16-28-12-14-29(15-13-28)25(32)23-7-5-4-6-22(23)24(31)19-8-10-21(26)11-9-19/h4-11,17H,3,12-16H2,1-2H3. The summed E-state index contributed by atoms with van der Waals surface area (Å²) in [4.78, 5) is 30.5. The molecule has 32 heavy (non-hydrogen) atoms. The molecule has 1 aromatic heterocycles. The Kier molecular flexibility index (Phi) is 6.72. The molecule has 0 radical (unpaired) electrons. The number of hydrogen-bond acceptors (Lipinski definition) is 4. The average Bonchev–Trinajstić information content (AvgIpc) is 3.18. The van der Waals surface area contributed by atoms with E-state index in [4.69, 9.17) is 11.6 Å². The maximum Gasteiger partial charge on any atom is 0.254 e. The van der Waals surface area contributed by atoms with E-state index in [-0.39, 0.29) is 11.7 Å². The normalized spacial score (nSPS) is 14.5. The minimum atomic E-state index is -0.173. The lowest BCUT2D eigenvalue weighted by atomic mass is 9.97. The number of amides is 1. The second kappa shape index (κ2) is 9.67. The summed E-state index contributed by atoms with van der Waals surface area (Å²) in [6.45, 7) is 8.64. The van der Waals surface area contributed by atoms with Gasteiger partial charge in [0.25, 0.3) is 5.91 Å². The fourth-order valence-electron chi connectivity index (χ4n) is 4.02. The van der Waals surface area contributed by atoms with E-state index in [1.54, 1.807) is 48.5 Å². The Labute approximate surface area is 193 Å². The second-order valence-electron chi connectivity index (χ2n) is 8.05. The molecule has 7 heteroatoms. The smallest absolute Gasteiger partial charge is 0.254 e. The molecule has 1 amide bonds. The number of aryl methyl sites for hydroxylation is 2. The van der Waals surface area contributed by atoms with Crippen molar-refractivity contribution in [1.82, 2.24) is 19.6 Å². The van der Waals surface area contributed by atoms with Crippen molar-refractivity contribution in [3.63, 3.8) is 0 Å². The molecular weight excluding hydrogens is 424 g/mol. The molecule has 3 aromatic rings. The Balaban J connectivity index is 1.44. The van der Waals surface area contributed by atoms with Crippen molar-refractivity contribution in [1.29, 1.82) is 0 Å². The SMILES string of the molecule is CCn1cc(CN2CCN(C(=O)c3ccccc3C(=O)c3ccc(Cl)cc3)CC2)c(C)n1. The number of carbonyl (C=O) groups excluding carboxylic acids is 2. The van der Waals surface area contributed by atoms with Crippen LogP contribution in [-0.2, 0) is 13.1 Å². The van der Waals surface area contributed by atoms with Gasteiger partial charge in [0.1, 0.15) is 0 Å². The van der Waals surface area contributed by atoms with Crippen LogP contribution in [-0.4, -0.2) is 57.4 Å². The number of benzene rings is 2. The molecule has 0 spiro atoms. The van der Waals surface area contributed by atoms with Crippen LogP contribution in [0.15, 0.2) is 54.7 Å². The number of aromatic nitrogens is 2. The Morgan fingerprint density at radius 2 is 1.62 bits per heavy atom. The first kappa shape index (κ1) is 22.2. The molecule has 1 aliphatic rings. The van der Waals surface area contributed by atoms with Crippen molar-refractivity contribution in [2.45, 2.75) is 26.9 Å². The topological polar surface area (TPSA) is 58.4 Å². The summed E-state index contributed by atoms with van der Waals surface area (Å²) in [6.07, 6.45) is 2.10. The first-order valence-electron chi connectivity index (χ1n) is 10.9. The number of carbonyl (C=O) groups is 2. The van der Waals surface area contributed by atoms with E-state index in [0.29, 0.717) is 34.8 Å². The zero-order valence-electron chi connectivity index (χ0n) is 18.4. The maximum atomic E-state index is 13.3. The van der Waals surface area contributed by atoms with Gasteiger partial charge in [-0.05, 0) is 44.2 Å². The zero-order chi connectivity index (χ0) is 22.7. The van der Waals surface area contributed by atoms with Crippen LogP contribution in [0.3, 0.4) is 0 Å². The van der Waals surface area contributed by atoms with Crippen LogP contribution < -0.4 is 0 Å². The summed E-state index contributed by atoms with van der Waals surface area (Å²) >= 11 is 5.94. The summed E-state index contributed by atoms with van der Waals surface area (Å²) < 4.78 is 1.96. The van der Waals surface area contributed by atoms with Crippen molar-refractivity contribution in [3.05, 3.63) is 87.7 Å². The Morgan fingerprint density at radius 3 is 2.25 bits per heavy atom. The number of ketones is 1. The number of piperazine rings is 1. The fourth-order valence-corrected chi connectivity index (χ4v) is 4.15. The highest BCUT2D eigenvalue weighted by Gasteiger charge is 2.26. The molecular formula is C25H27ClN4O2. The molecule has 1 fully saturated rings. The van der Waals surface area contributed by atoms with E-state index in [2.05, 4.69) is 23.1 Å². The first-order chi connectivity index (χ1) is 15.5. The van der Waals surface area contributed by atoms with Crippen LogP contribution in [0.1, 0.15) is 44.5 Å². The molecule has 0 atom stereocenters. The molecule has 2 aromatic carbocycles. The van der Waals surface area contributed by atoms with Gasteiger partial charge in [-0.25, -0.2) is 0 Å². The number of halogens is 1. The largest absolute Gasteiger partial charge is 0.336 e. The molecule has 166 valence electrons. The van der Waals surface area contributed by atoms with Gasteiger partial charge in [0, 0.05) is 67.2 Å². The summed E-state index contributed by atoms with van der Waals surface area (Å²) in [5, 5.41) is 5.09. The van der Waals surface area contributed by atoms with E-state index in [1.807, 2.05) is 16.5 Å². The van der Waals surface area contributed by atoms with Crippen LogP contribution in [0.25, 0.3) is 0 Å². The average molecular weight is 451 g/mol. The van der Waals surface area contributed by atoms with Crippen LogP contribution in [0.2, 0.25) is 5.02 Å².